The highest BCUT2D eigenvalue weighted by atomic mass is 16.5. The van der Waals surface area contributed by atoms with Crippen LogP contribution in [-0.2, 0) is 11.3 Å². The Bertz CT molecular complexity index is 1200. The topological polar surface area (TPSA) is 123 Å². The number of carbonyl (C=O) groups excluding carboxylic acids is 2. The van der Waals surface area contributed by atoms with Crippen LogP contribution in [0.25, 0.3) is 0 Å². The van der Waals surface area contributed by atoms with Crippen LogP contribution in [0.3, 0.4) is 0 Å². The molecule has 1 aromatic heterocycles. The van der Waals surface area contributed by atoms with Gasteiger partial charge in [0.1, 0.15) is 11.6 Å². The SMILES string of the molecule is COc1nc(N[C@@H]2CCC[C@H](N3Cc4ccc(NC(=O)/C=C/CN(C)C)cc4C3=O)C2)ncc1C#N. The van der Waals surface area contributed by atoms with Crippen LogP contribution < -0.4 is 15.4 Å². The second kappa shape index (κ2) is 11.2. The predicted molar refractivity (Wildman–Crippen MR) is 136 cm³/mol. The number of likely N-dealkylation sites (N-methyl/N-ethyl adjacent to an activating group) is 1. The lowest BCUT2D eigenvalue weighted by atomic mass is 9.90. The number of ether oxygens (including phenoxy) is 1. The zero-order valence-electron chi connectivity index (χ0n) is 20.8. The highest BCUT2D eigenvalue weighted by molar-refractivity contribution is 6.02. The summed E-state index contributed by atoms with van der Waals surface area (Å²) in [4.78, 5) is 37.9. The number of carbonyl (C=O) groups is 2. The van der Waals surface area contributed by atoms with Gasteiger partial charge >= 0.3 is 0 Å². The van der Waals surface area contributed by atoms with E-state index >= 15 is 0 Å². The molecule has 0 unspecified atom stereocenters. The van der Waals surface area contributed by atoms with E-state index in [1.807, 2.05) is 42.1 Å². The maximum atomic E-state index is 13.3. The molecule has 1 saturated carbocycles. The van der Waals surface area contributed by atoms with Crippen molar-refractivity contribution in [2.24, 2.45) is 0 Å². The zero-order valence-corrected chi connectivity index (χ0v) is 20.8. The van der Waals surface area contributed by atoms with E-state index in [2.05, 4.69) is 20.6 Å². The zero-order chi connectivity index (χ0) is 25.7. The fourth-order valence-corrected chi connectivity index (χ4v) is 4.68. The van der Waals surface area contributed by atoms with Gasteiger partial charge in [-0.05, 0) is 57.5 Å². The molecule has 2 atom stereocenters. The minimum absolute atomic E-state index is 0.00816. The molecule has 1 aliphatic heterocycles. The molecule has 0 bridgehead atoms. The first-order valence-electron chi connectivity index (χ1n) is 12.0. The van der Waals surface area contributed by atoms with Crippen LogP contribution in [-0.4, -0.2) is 71.4 Å². The van der Waals surface area contributed by atoms with Gasteiger partial charge in [-0.25, -0.2) is 4.98 Å². The standard InChI is InChI=1S/C26H31N7O3/c1-32(2)11-5-8-23(34)29-20-10-9-17-16-33(25(35)22(17)13-20)21-7-4-6-19(12-21)30-26-28-15-18(14-27)24(31-26)36-3/h5,8-10,13,15,19,21H,4,6-7,11-12,16H2,1-3H3,(H,29,34)(H,28,30,31)/b8-5+/t19-,21+/m1/s1. The summed E-state index contributed by atoms with van der Waals surface area (Å²) in [6.45, 7) is 1.23. The van der Waals surface area contributed by atoms with Crippen LogP contribution in [0.2, 0.25) is 0 Å². The molecule has 2 N–H and O–H groups in total. The summed E-state index contributed by atoms with van der Waals surface area (Å²) in [5.74, 6) is 0.421. The van der Waals surface area contributed by atoms with Crippen molar-refractivity contribution in [3.63, 3.8) is 0 Å². The lowest BCUT2D eigenvalue weighted by Gasteiger charge is -2.35. The number of nitrogens with zero attached hydrogens (tertiary/aromatic N) is 5. The third-order valence-electron chi connectivity index (χ3n) is 6.44. The van der Waals surface area contributed by atoms with Gasteiger partial charge in [-0.2, -0.15) is 10.2 Å². The number of rotatable bonds is 8. The first-order valence-corrected chi connectivity index (χ1v) is 12.0. The summed E-state index contributed by atoms with van der Waals surface area (Å²) in [5, 5.41) is 15.3. The summed E-state index contributed by atoms with van der Waals surface area (Å²) >= 11 is 0. The summed E-state index contributed by atoms with van der Waals surface area (Å²) in [5.41, 5.74) is 2.50. The van der Waals surface area contributed by atoms with E-state index < -0.39 is 0 Å². The van der Waals surface area contributed by atoms with Crippen LogP contribution >= 0.6 is 0 Å². The van der Waals surface area contributed by atoms with Crippen molar-refractivity contribution in [2.45, 2.75) is 44.3 Å². The molecule has 10 heteroatoms. The van der Waals surface area contributed by atoms with Crippen LogP contribution in [0.15, 0.2) is 36.5 Å². The summed E-state index contributed by atoms with van der Waals surface area (Å²) in [6.07, 6.45) is 8.35. The van der Waals surface area contributed by atoms with E-state index in [-0.39, 0.29) is 35.3 Å². The summed E-state index contributed by atoms with van der Waals surface area (Å²) < 4.78 is 5.18. The molecule has 0 saturated heterocycles. The fourth-order valence-electron chi connectivity index (χ4n) is 4.68. The number of benzene rings is 1. The molecule has 2 heterocycles. The Morgan fingerprint density at radius 3 is 2.94 bits per heavy atom. The number of aromatic nitrogens is 2. The summed E-state index contributed by atoms with van der Waals surface area (Å²) in [6, 6.07) is 7.73. The first kappa shape index (κ1) is 25.1. The maximum Gasteiger partial charge on any atom is 0.254 e. The van der Waals surface area contributed by atoms with Gasteiger partial charge in [-0.3, -0.25) is 9.59 Å². The molecule has 10 nitrogen and oxygen atoms in total. The number of amides is 2. The smallest absolute Gasteiger partial charge is 0.254 e. The lowest BCUT2D eigenvalue weighted by molar-refractivity contribution is -0.111. The molecular weight excluding hydrogens is 458 g/mol. The lowest BCUT2D eigenvalue weighted by Crippen LogP contribution is -2.42. The Morgan fingerprint density at radius 1 is 1.36 bits per heavy atom. The van der Waals surface area contributed by atoms with E-state index in [9.17, 15) is 9.59 Å². The maximum absolute atomic E-state index is 13.3. The Kier molecular flexibility index (Phi) is 7.80. The van der Waals surface area contributed by atoms with Crippen LogP contribution in [0.1, 0.15) is 47.2 Å². The van der Waals surface area contributed by atoms with E-state index in [0.29, 0.717) is 30.3 Å². The van der Waals surface area contributed by atoms with Gasteiger partial charge in [0.15, 0.2) is 0 Å². The fraction of sp³-hybridized carbons (Fsp3) is 0.423. The van der Waals surface area contributed by atoms with Gasteiger partial charge in [0.2, 0.25) is 17.7 Å². The number of anilines is 2. The van der Waals surface area contributed by atoms with Crippen molar-refractivity contribution in [3.05, 3.63) is 53.2 Å². The van der Waals surface area contributed by atoms with Crippen LogP contribution in [0, 0.1) is 11.3 Å². The average molecular weight is 490 g/mol. The molecule has 188 valence electrons. The number of hydrogen-bond donors (Lipinski definition) is 2. The molecule has 1 fully saturated rings. The highest BCUT2D eigenvalue weighted by Crippen LogP contribution is 2.33. The molecule has 2 aliphatic rings. The number of nitrogens with one attached hydrogen (secondary N) is 2. The molecule has 2 amide bonds. The van der Waals surface area contributed by atoms with E-state index in [4.69, 9.17) is 10.00 Å². The van der Waals surface area contributed by atoms with Crippen molar-refractivity contribution in [1.29, 1.82) is 5.26 Å². The van der Waals surface area contributed by atoms with Crippen molar-refractivity contribution in [1.82, 2.24) is 19.8 Å². The average Bonchev–Trinajstić information content (AvgIpc) is 3.19. The van der Waals surface area contributed by atoms with Crippen molar-refractivity contribution < 1.29 is 14.3 Å². The van der Waals surface area contributed by atoms with E-state index in [1.165, 1.54) is 19.4 Å². The number of hydrogen-bond acceptors (Lipinski definition) is 8. The van der Waals surface area contributed by atoms with Crippen molar-refractivity contribution in [2.75, 3.05) is 38.4 Å². The molecule has 0 radical (unpaired) electrons. The largest absolute Gasteiger partial charge is 0.480 e. The molecule has 0 spiro atoms. The molecule has 36 heavy (non-hydrogen) atoms. The van der Waals surface area contributed by atoms with Gasteiger partial charge in [0.25, 0.3) is 5.91 Å². The minimum Gasteiger partial charge on any atom is -0.480 e. The first-order chi connectivity index (χ1) is 17.4. The van der Waals surface area contributed by atoms with Crippen molar-refractivity contribution >= 4 is 23.5 Å². The monoisotopic (exact) mass is 489 g/mol. The van der Waals surface area contributed by atoms with Gasteiger partial charge in [0, 0.05) is 42.5 Å². The van der Waals surface area contributed by atoms with Gasteiger partial charge in [-0.15, -0.1) is 0 Å². The molecule has 2 aromatic rings. The number of fused-ring (bicyclic) bond motifs is 1. The van der Waals surface area contributed by atoms with Gasteiger partial charge in [0.05, 0.1) is 13.3 Å². The molecule has 4 rings (SSSR count). The second-order valence-corrected chi connectivity index (χ2v) is 9.35. The molecule has 1 aliphatic carbocycles. The Hall–Kier alpha value is -3.97. The van der Waals surface area contributed by atoms with E-state index in [1.54, 1.807) is 12.1 Å². The summed E-state index contributed by atoms with van der Waals surface area (Å²) in [7, 11) is 5.34. The van der Waals surface area contributed by atoms with Crippen molar-refractivity contribution in [3.8, 4) is 11.9 Å². The Balaban J connectivity index is 1.39. The third-order valence-corrected chi connectivity index (χ3v) is 6.44. The van der Waals surface area contributed by atoms with Gasteiger partial charge in [-0.1, -0.05) is 12.1 Å². The molecular formula is C26H31N7O3. The van der Waals surface area contributed by atoms with Crippen LogP contribution in [0.4, 0.5) is 11.6 Å². The van der Waals surface area contributed by atoms with E-state index in [0.717, 1.165) is 31.2 Å². The quantitative estimate of drug-likeness (QED) is 0.543. The Labute approximate surface area is 211 Å². The van der Waals surface area contributed by atoms with Crippen LogP contribution in [0.5, 0.6) is 5.88 Å². The molecule has 1 aromatic carbocycles. The minimum atomic E-state index is -0.220. The third kappa shape index (κ3) is 5.80. The van der Waals surface area contributed by atoms with Gasteiger partial charge < -0.3 is 25.2 Å². The number of methoxy groups -OCH3 is 1. The highest BCUT2D eigenvalue weighted by Gasteiger charge is 2.35. The normalized spacial score (nSPS) is 19.3. The Morgan fingerprint density at radius 2 is 2.19 bits per heavy atom. The predicted octanol–water partition coefficient (Wildman–Crippen LogP) is 2.79. The number of nitriles is 1. The second-order valence-electron chi connectivity index (χ2n) is 9.35.